The fourth-order valence-electron chi connectivity index (χ4n) is 0.568. The number of aromatic hydroxyl groups is 1. The molecule has 0 aliphatic carbocycles. The molecule has 1 aromatic rings. The van der Waals surface area contributed by atoms with Crippen molar-refractivity contribution in [3.8, 4) is 11.8 Å². The van der Waals surface area contributed by atoms with Crippen LogP contribution in [-0.4, -0.2) is 13.5 Å². The van der Waals surface area contributed by atoms with Crippen molar-refractivity contribution in [3.63, 3.8) is 0 Å². The summed E-state index contributed by atoms with van der Waals surface area (Å²) in [7, 11) is 0. The second-order valence-corrected chi connectivity index (χ2v) is 1.63. The summed E-state index contributed by atoms with van der Waals surface area (Å²) in [5.41, 5.74) is 0.317. The molecule has 0 amide bonds. The number of phenolic OH excluding ortho intramolecular Hbond substituents is 1. The van der Waals surface area contributed by atoms with Crippen molar-refractivity contribution >= 4 is 8.41 Å². The van der Waals surface area contributed by atoms with Crippen molar-refractivity contribution in [1.29, 1.82) is 5.26 Å². The monoisotopic (exact) mass is 130 g/mol. The van der Waals surface area contributed by atoms with Crippen molar-refractivity contribution in [1.82, 2.24) is 0 Å². The van der Waals surface area contributed by atoms with Crippen LogP contribution >= 0.6 is 0 Å². The summed E-state index contributed by atoms with van der Waals surface area (Å²) in [6.07, 6.45) is 0. The van der Waals surface area contributed by atoms with Crippen LogP contribution < -0.4 is 0 Å². The molecule has 0 aromatic heterocycles. The Morgan fingerprint density at radius 2 is 1.90 bits per heavy atom. The molecule has 3 radical (unpaired) electrons. The van der Waals surface area contributed by atoms with E-state index in [0.717, 1.165) is 0 Å². The molecule has 0 spiro atoms. The van der Waals surface area contributed by atoms with Gasteiger partial charge in [-0.25, -0.2) is 0 Å². The summed E-state index contributed by atoms with van der Waals surface area (Å²) in [5.74, 6) is 0.0417. The highest BCUT2D eigenvalue weighted by molar-refractivity contribution is 5.75. The van der Waals surface area contributed by atoms with E-state index in [4.69, 9.17) is 10.4 Å². The lowest BCUT2D eigenvalue weighted by molar-refractivity contribution is 0.473. The Morgan fingerprint density at radius 3 is 2.30 bits per heavy atom. The molecule has 0 saturated heterocycles. The molecule has 1 aromatic carbocycles. The van der Waals surface area contributed by atoms with Crippen LogP contribution in [0.1, 0.15) is 5.56 Å². The third-order valence-electron chi connectivity index (χ3n) is 1.02. The van der Waals surface area contributed by atoms with Gasteiger partial charge in [-0.2, -0.15) is 5.26 Å². The maximum absolute atomic E-state index is 8.89. The van der Waals surface area contributed by atoms with Gasteiger partial charge in [0.2, 0.25) is 0 Å². The molecule has 0 atom stereocenters. The van der Waals surface area contributed by atoms with Crippen molar-refractivity contribution in [3.05, 3.63) is 29.8 Å². The van der Waals surface area contributed by atoms with Gasteiger partial charge in [-0.3, -0.25) is 0 Å². The van der Waals surface area contributed by atoms with Gasteiger partial charge in [-0.1, -0.05) is 12.1 Å². The van der Waals surface area contributed by atoms with Gasteiger partial charge in [-0.15, -0.1) is 0 Å². The lowest BCUT2D eigenvalue weighted by Crippen LogP contribution is -1.71. The number of nitrogens with zero attached hydrogens (tertiary/aromatic N) is 1. The quantitative estimate of drug-likeness (QED) is 0.529. The van der Waals surface area contributed by atoms with Gasteiger partial charge in [0, 0.05) is 8.41 Å². The first-order valence-electron chi connectivity index (χ1n) is 2.52. The summed E-state index contributed by atoms with van der Waals surface area (Å²) in [6.45, 7) is 0. The van der Waals surface area contributed by atoms with E-state index in [9.17, 15) is 0 Å². The van der Waals surface area contributed by atoms with E-state index in [2.05, 4.69) is 0 Å². The molecule has 0 fully saturated rings. The Balaban J connectivity index is 0.000000810. The summed E-state index contributed by atoms with van der Waals surface area (Å²) >= 11 is 0. The Kier molecular flexibility index (Phi) is 3.06. The number of rotatable bonds is 0. The number of hydrogen-bond donors (Lipinski definition) is 1. The van der Waals surface area contributed by atoms with E-state index < -0.39 is 0 Å². The SMILES string of the molecule is N#Cc1ccccc1O.[B]. The minimum absolute atomic E-state index is 0. The molecule has 0 unspecified atom stereocenters. The number of para-hydroxylation sites is 1. The summed E-state index contributed by atoms with van der Waals surface area (Å²) in [5, 5.41) is 17.2. The molecule has 47 valence electrons. The zero-order valence-electron chi connectivity index (χ0n) is 5.28. The van der Waals surface area contributed by atoms with Crippen LogP contribution in [-0.2, 0) is 0 Å². The Bertz CT molecular complexity index is 254. The molecule has 0 bridgehead atoms. The molecular formula is C7H5BNO. The Labute approximate surface area is 61.3 Å². The molecule has 0 heterocycles. The van der Waals surface area contributed by atoms with Gasteiger partial charge in [0.1, 0.15) is 11.8 Å². The molecule has 10 heavy (non-hydrogen) atoms. The Hall–Kier alpha value is -1.43. The minimum Gasteiger partial charge on any atom is -0.507 e. The molecule has 0 aliphatic heterocycles. The van der Waals surface area contributed by atoms with E-state index in [1.165, 1.54) is 6.07 Å². The Morgan fingerprint density at radius 1 is 1.30 bits per heavy atom. The van der Waals surface area contributed by atoms with Crippen LogP contribution in [0.4, 0.5) is 0 Å². The molecule has 3 heteroatoms. The maximum atomic E-state index is 8.89. The average molecular weight is 130 g/mol. The van der Waals surface area contributed by atoms with Crippen LogP contribution in [0.2, 0.25) is 0 Å². The highest BCUT2D eigenvalue weighted by Crippen LogP contribution is 2.12. The normalized spacial score (nSPS) is 7.50. The van der Waals surface area contributed by atoms with Gasteiger partial charge in [-0.05, 0) is 12.1 Å². The fraction of sp³-hybridized carbons (Fsp3) is 0. The predicted octanol–water partition coefficient (Wildman–Crippen LogP) is 0.883. The second kappa shape index (κ2) is 3.57. The van der Waals surface area contributed by atoms with E-state index in [0.29, 0.717) is 5.56 Å². The van der Waals surface area contributed by atoms with Crippen molar-refractivity contribution in [2.45, 2.75) is 0 Å². The van der Waals surface area contributed by atoms with E-state index in [1.807, 2.05) is 6.07 Å². The van der Waals surface area contributed by atoms with Crippen molar-refractivity contribution < 1.29 is 5.11 Å². The maximum Gasteiger partial charge on any atom is 0.133 e. The smallest absolute Gasteiger partial charge is 0.133 e. The average Bonchev–Trinajstić information content (AvgIpc) is 1.89. The van der Waals surface area contributed by atoms with Gasteiger partial charge in [0.05, 0.1) is 5.56 Å². The summed E-state index contributed by atoms with van der Waals surface area (Å²) in [6, 6.07) is 8.28. The topological polar surface area (TPSA) is 44.0 Å². The molecular weight excluding hydrogens is 125 g/mol. The second-order valence-electron chi connectivity index (χ2n) is 1.63. The van der Waals surface area contributed by atoms with Gasteiger partial charge < -0.3 is 5.11 Å². The van der Waals surface area contributed by atoms with Crippen LogP contribution in [0.5, 0.6) is 5.75 Å². The highest BCUT2D eigenvalue weighted by atomic mass is 16.3. The predicted molar refractivity (Wildman–Crippen MR) is 38.6 cm³/mol. The standard InChI is InChI=1S/C7H5NO.B/c8-5-6-3-1-2-4-7(6)9;/h1-4,9H;. The molecule has 0 saturated carbocycles. The number of nitriles is 1. The largest absolute Gasteiger partial charge is 0.507 e. The third kappa shape index (κ3) is 1.53. The highest BCUT2D eigenvalue weighted by Gasteiger charge is 1.93. The zero-order valence-corrected chi connectivity index (χ0v) is 5.28. The first kappa shape index (κ1) is 8.57. The number of benzene rings is 1. The lowest BCUT2D eigenvalue weighted by Gasteiger charge is -1.89. The number of phenols is 1. The first-order valence-corrected chi connectivity index (χ1v) is 2.52. The van der Waals surface area contributed by atoms with Gasteiger partial charge in [0.25, 0.3) is 0 Å². The van der Waals surface area contributed by atoms with E-state index in [1.54, 1.807) is 18.2 Å². The summed E-state index contributed by atoms with van der Waals surface area (Å²) in [4.78, 5) is 0. The lowest BCUT2D eigenvalue weighted by atomic mass is 10.2. The van der Waals surface area contributed by atoms with Crippen LogP contribution in [0.25, 0.3) is 0 Å². The van der Waals surface area contributed by atoms with E-state index in [-0.39, 0.29) is 14.2 Å². The minimum atomic E-state index is 0. The van der Waals surface area contributed by atoms with Gasteiger partial charge >= 0.3 is 0 Å². The van der Waals surface area contributed by atoms with Crippen LogP contribution in [0.3, 0.4) is 0 Å². The van der Waals surface area contributed by atoms with E-state index >= 15 is 0 Å². The fourth-order valence-corrected chi connectivity index (χ4v) is 0.568. The third-order valence-corrected chi connectivity index (χ3v) is 1.02. The van der Waals surface area contributed by atoms with Crippen LogP contribution in [0, 0.1) is 11.3 Å². The molecule has 2 nitrogen and oxygen atoms in total. The summed E-state index contributed by atoms with van der Waals surface area (Å²) < 4.78 is 0. The van der Waals surface area contributed by atoms with Gasteiger partial charge in [0.15, 0.2) is 0 Å². The zero-order chi connectivity index (χ0) is 6.69. The number of hydrogen-bond acceptors (Lipinski definition) is 2. The first-order chi connectivity index (χ1) is 4.34. The van der Waals surface area contributed by atoms with Crippen LogP contribution in [0.15, 0.2) is 24.3 Å². The van der Waals surface area contributed by atoms with Crippen molar-refractivity contribution in [2.24, 2.45) is 0 Å². The van der Waals surface area contributed by atoms with Crippen molar-refractivity contribution in [2.75, 3.05) is 0 Å². The molecule has 1 N–H and O–H groups in total. The molecule has 0 aliphatic rings. The molecule has 1 rings (SSSR count).